The molecule has 1 aliphatic heterocycles. The van der Waals surface area contributed by atoms with Crippen LogP contribution in [0.5, 0.6) is 11.8 Å². The summed E-state index contributed by atoms with van der Waals surface area (Å²) in [5.74, 6) is -2.56. The van der Waals surface area contributed by atoms with E-state index in [0.29, 0.717) is 25.5 Å². The van der Waals surface area contributed by atoms with Crippen molar-refractivity contribution in [2.75, 3.05) is 45.1 Å². The van der Waals surface area contributed by atoms with Crippen LogP contribution >= 0.6 is 0 Å². The third kappa shape index (κ3) is 6.42. The number of para-hydroxylation sites is 1. The molecule has 0 unspecified atom stereocenters. The molecular weight excluding hydrogens is 548 g/mol. The Kier molecular flexibility index (Phi) is 8.80. The predicted octanol–water partition coefficient (Wildman–Crippen LogP) is 3.56. The van der Waals surface area contributed by atoms with Gasteiger partial charge < -0.3 is 25.0 Å². The number of aromatic hydroxyl groups is 1. The molecule has 0 atom stereocenters. The molecule has 2 aromatic heterocycles. The zero-order valence-electron chi connectivity index (χ0n) is 22.5. The third-order valence-electron chi connectivity index (χ3n) is 6.81. The van der Waals surface area contributed by atoms with Gasteiger partial charge in [0.05, 0.1) is 5.39 Å². The van der Waals surface area contributed by atoms with Gasteiger partial charge in [0, 0.05) is 32.7 Å². The highest BCUT2D eigenvalue weighted by molar-refractivity contribution is 5.90. The van der Waals surface area contributed by atoms with Crippen molar-refractivity contribution in [1.82, 2.24) is 24.3 Å². The van der Waals surface area contributed by atoms with E-state index in [2.05, 4.69) is 26.8 Å². The van der Waals surface area contributed by atoms with E-state index in [0.717, 1.165) is 37.4 Å². The molecule has 10 nitrogen and oxygen atoms in total. The average molecular weight is 579 g/mol. The summed E-state index contributed by atoms with van der Waals surface area (Å²) in [4.78, 5) is 37.7. The predicted molar refractivity (Wildman–Crippen MR) is 144 cm³/mol. The first-order valence-electron chi connectivity index (χ1n) is 13.0. The minimum atomic E-state index is -5.13. The largest absolute Gasteiger partial charge is 0.506 e. The van der Waals surface area contributed by atoms with Crippen molar-refractivity contribution in [2.45, 2.75) is 32.0 Å². The summed E-state index contributed by atoms with van der Waals surface area (Å²) in [7, 11) is 1.96. The Hall–Kier alpha value is -4.20. The molecule has 0 spiro atoms. The molecule has 0 saturated carbocycles. The van der Waals surface area contributed by atoms with E-state index >= 15 is 0 Å². The van der Waals surface area contributed by atoms with Crippen LogP contribution in [-0.2, 0) is 11.0 Å². The summed E-state index contributed by atoms with van der Waals surface area (Å²) in [6.07, 6.45) is -3.01. The number of anilines is 1. The second kappa shape index (κ2) is 12.1. The number of rotatable bonds is 9. The SMILES string of the molecule is C=CC(=O)N(CC)CCNc1nc(OC2CCN(C)CC2)nc2c(=O)n(-c3c(O)cccc3F)c(C(F)(F)F)cc12. The van der Waals surface area contributed by atoms with Gasteiger partial charge in [0.1, 0.15) is 34.6 Å². The van der Waals surface area contributed by atoms with Crippen molar-refractivity contribution in [1.29, 1.82) is 0 Å². The van der Waals surface area contributed by atoms with Crippen LogP contribution in [0.2, 0.25) is 0 Å². The van der Waals surface area contributed by atoms with Crippen LogP contribution in [-0.4, -0.2) is 81.2 Å². The number of halogens is 4. The number of ether oxygens (including phenoxy) is 1. The number of pyridine rings is 1. The highest BCUT2D eigenvalue weighted by Gasteiger charge is 2.38. The Morgan fingerprint density at radius 2 is 2.00 bits per heavy atom. The van der Waals surface area contributed by atoms with E-state index in [4.69, 9.17) is 4.74 Å². The summed E-state index contributed by atoms with van der Waals surface area (Å²) in [6.45, 7) is 7.26. The van der Waals surface area contributed by atoms with E-state index in [9.17, 15) is 32.3 Å². The quantitative estimate of drug-likeness (QED) is 0.293. The Balaban J connectivity index is 1.88. The number of piperidine rings is 1. The summed E-state index contributed by atoms with van der Waals surface area (Å²) < 4.78 is 63.6. The number of nitrogens with zero attached hydrogens (tertiary/aromatic N) is 5. The molecule has 41 heavy (non-hydrogen) atoms. The van der Waals surface area contributed by atoms with Crippen LogP contribution in [0.15, 0.2) is 41.7 Å². The number of fused-ring (bicyclic) bond motifs is 1. The van der Waals surface area contributed by atoms with Gasteiger partial charge >= 0.3 is 12.2 Å². The number of carbonyl (C=O) groups excluding carboxylic acids is 1. The molecular formula is C27H30F4N6O4. The molecule has 2 N–H and O–H groups in total. The highest BCUT2D eigenvalue weighted by atomic mass is 19.4. The smallest absolute Gasteiger partial charge is 0.431 e. The zero-order valence-corrected chi connectivity index (χ0v) is 22.5. The molecule has 1 aliphatic rings. The van der Waals surface area contributed by atoms with Crippen molar-refractivity contribution in [3.63, 3.8) is 0 Å². The van der Waals surface area contributed by atoms with Gasteiger partial charge in [-0.05, 0) is 51.1 Å². The highest BCUT2D eigenvalue weighted by Crippen LogP contribution is 2.36. The summed E-state index contributed by atoms with van der Waals surface area (Å²) in [6, 6.07) is 3.28. The Morgan fingerprint density at radius 1 is 1.29 bits per heavy atom. The molecule has 3 aromatic rings. The van der Waals surface area contributed by atoms with Gasteiger partial charge in [-0.25, -0.2) is 4.39 Å². The molecule has 1 amide bonds. The first-order valence-corrected chi connectivity index (χ1v) is 13.0. The zero-order chi connectivity index (χ0) is 29.9. The molecule has 1 aromatic carbocycles. The summed E-state index contributed by atoms with van der Waals surface area (Å²) in [5, 5.41) is 12.9. The van der Waals surface area contributed by atoms with Crippen molar-refractivity contribution in [2.24, 2.45) is 0 Å². The second-order valence-corrected chi connectivity index (χ2v) is 9.56. The van der Waals surface area contributed by atoms with Crippen LogP contribution in [0, 0.1) is 5.82 Å². The monoisotopic (exact) mass is 578 g/mol. The van der Waals surface area contributed by atoms with Crippen molar-refractivity contribution in [3.05, 3.63) is 58.8 Å². The first-order chi connectivity index (χ1) is 19.4. The van der Waals surface area contributed by atoms with Gasteiger partial charge in [0.2, 0.25) is 5.91 Å². The van der Waals surface area contributed by atoms with Gasteiger partial charge in [-0.1, -0.05) is 12.6 Å². The number of likely N-dealkylation sites (N-methyl/N-ethyl adjacent to an activating group) is 1. The fraction of sp³-hybridized carbons (Fsp3) is 0.407. The normalized spacial score (nSPS) is 14.7. The lowest BCUT2D eigenvalue weighted by Crippen LogP contribution is -2.36. The Morgan fingerprint density at radius 3 is 2.61 bits per heavy atom. The molecule has 0 aliphatic carbocycles. The lowest BCUT2D eigenvalue weighted by molar-refractivity contribution is -0.142. The number of amides is 1. The van der Waals surface area contributed by atoms with Gasteiger partial charge in [-0.15, -0.1) is 0 Å². The van der Waals surface area contributed by atoms with Crippen molar-refractivity contribution in [3.8, 4) is 17.4 Å². The number of phenols is 1. The molecule has 1 saturated heterocycles. The van der Waals surface area contributed by atoms with E-state index in [-0.39, 0.29) is 46.9 Å². The number of nitrogens with one attached hydrogen (secondary N) is 1. The van der Waals surface area contributed by atoms with Crippen LogP contribution in [0.25, 0.3) is 16.6 Å². The number of carbonyl (C=O) groups is 1. The number of alkyl halides is 3. The van der Waals surface area contributed by atoms with Crippen LogP contribution in [0.3, 0.4) is 0 Å². The van der Waals surface area contributed by atoms with Crippen LogP contribution in [0.1, 0.15) is 25.5 Å². The third-order valence-corrected chi connectivity index (χ3v) is 6.81. The maximum absolute atomic E-state index is 14.8. The van der Waals surface area contributed by atoms with Gasteiger partial charge in [0.15, 0.2) is 5.82 Å². The maximum atomic E-state index is 14.8. The maximum Gasteiger partial charge on any atom is 0.431 e. The lowest BCUT2D eigenvalue weighted by Gasteiger charge is -2.28. The topological polar surface area (TPSA) is 113 Å². The lowest BCUT2D eigenvalue weighted by atomic mass is 10.1. The molecule has 4 rings (SSSR count). The first kappa shape index (κ1) is 29.8. The van der Waals surface area contributed by atoms with Gasteiger partial charge in [-0.2, -0.15) is 23.1 Å². The number of phenolic OH excluding ortho intramolecular Hbond substituents is 1. The molecule has 3 heterocycles. The number of hydrogen-bond donors (Lipinski definition) is 2. The van der Waals surface area contributed by atoms with E-state index < -0.39 is 40.2 Å². The van der Waals surface area contributed by atoms with E-state index in [1.165, 1.54) is 4.90 Å². The van der Waals surface area contributed by atoms with Crippen LogP contribution in [0.4, 0.5) is 23.4 Å². The number of benzene rings is 1. The second-order valence-electron chi connectivity index (χ2n) is 9.56. The minimum absolute atomic E-state index is 0.0602. The fourth-order valence-corrected chi connectivity index (χ4v) is 4.62. The van der Waals surface area contributed by atoms with Crippen LogP contribution < -0.4 is 15.6 Å². The standard InChI is InChI=1S/C27H30F4N6O4/c1-4-21(39)36(5-2)14-11-32-24-17-15-20(27(29,30)31)37(23-18(28)7-6-8-19(23)38)25(40)22(17)33-26(34-24)41-16-9-12-35(3)13-10-16/h4,6-8,15-16,38H,1,5,9-14H2,2-3H3,(H,32,33,34). The van der Waals surface area contributed by atoms with Gasteiger partial charge in [-0.3, -0.25) is 14.2 Å². The Labute approximate surface area is 232 Å². The van der Waals surface area contributed by atoms with Crippen molar-refractivity contribution >= 4 is 22.6 Å². The average Bonchev–Trinajstić information content (AvgIpc) is 2.92. The molecule has 220 valence electrons. The van der Waals surface area contributed by atoms with E-state index in [1.807, 2.05) is 7.05 Å². The molecule has 0 bridgehead atoms. The summed E-state index contributed by atoms with van der Waals surface area (Å²) >= 11 is 0. The minimum Gasteiger partial charge on any atom is -0.506 e. The number of likely N-dealkylation sites (tertiary alicyclic amines) is 1. The Bertz CT molecular complexity index is 1480. The number of hydrogen-bond acceptors (Lipinski definition) is 8. The fourth-order valence-electron chi connectivity index (χ4n) is 4.62. The molecule has 1 fully saturated rings. The molecule has 0 radical (unpaired) electrons. The van der Waals surface area contributed by atoms with Crippen molar-refractivity contribution < 1.29 is 32.2 Å². The van der Waals surface area contributed by atoms with Gasteiger partial charge in [0.25, 0.3) is 5.56 Å². The molecule has 14 heteroatoms. The summed E-state index contributed by atoms with van der Waals surface area (Å²) in [5.41, 5.74) is -4.30. The number of aromatic nitrogens is 3. The van der Waals surface area contributed by atoms with E-state index in [1.54, 1.807) is 6.92 Å².